The molecule has 0 spiro atoms. The van der Waals surface area contributed by atoms with Gasteiger partial charge in [-0.1, -0.05) is 0 Å². The molecule has 0 saturated carbocycles. The molecule has 1 aromatic rings. The number of rotatable bonds is 4. The van der Waals surface area contributed by atoms with Gasteiger partial charge in [-0.25, -0.2) is 0 Å². The lowest BCUT2D eigenvalue weighted by Gasteiger charge is -2.09. The Hall–Kier alpha value is -2.44. The topological polar surface area (TPSA) is 95.7 Å². The summed E-state index contributed by atoms with van der Waals surface area (Å²) < 4.78 is 9.55. The smallest absolute Gasteiger partial charge is 0.314 e. The predicted octanol–water partition coefficient (Wildman–Crippen LogP) is 1.34. The van der Waals surface area contributed by atoms with Crippen molar-refractivity contribution in [3.8, 4) is 11.5 Å². The summed E-state index contributed by atoms with van der Waals surface area (Å²) in [7, 11) is 1.18. The van der Waals surface area contributed by atoms with Gasteiger partial charge in [0.05, 0.1) is 17.6 Å². The molecule has 0 fully saturated rings. The normalized spacial score (nSPS) is 9.53. The van der Waals surface area contributed by atoms with Gasteiger partial charge in [-0.3, -0.25) is 19.7 Å². The number of nitro groups is 1. The quantitative estimate of drug-likeness (QED) is 0.258. The maximum atomic E-state index is 10.9. The summed E-state index contributed by atoms with van der Waals surface area (Å²) in [4.78, 5) is 31.6. The van der Waals surface area contributed by atoms with E-state index in [1.54, 1.807) is 0 Å². The average Bonchev–Trinajstić information content (AvgIpc) is 2.27. The molecule has 0 bridgehead atoms. The van der Waals surface area contributed by atoms with Crippen LogP contribution in [0.3, 0.4) is 0 Å². The van der Waals surface area contributed by atoms with Crippen molar-refractivity contribution in [1.29, 1.82) is 0 Å². The number of ether oxygens (including phenoxy) is 2. The minimum atomic E-state index is -0.702. The van der Waals surface area contributed by atoms with Crippen molar-refractivity contribution in [2.75, 3.05) is 7.11 Å². The molecule has 1 rings (SSSR count). The van der Waals surface area contributed by atoms with E-state index in [1.807, 2.05) is 0 Å². The Morgan fingerprint density at radius 2 is 2.06 bits per heavy atom. The minimum Gasteiger partial charge on any atom is -0.488 e. The van der Waals surface area contributed by atoms with E-state index in [0.717, 1.165) is 13.0 Å². The molecular formula is C10H9NO6. The number of carbonyl (C=O) groups is 2. The van der Waals surface area contributed by atoms with Gasteiger partial charge in [0, 0.05) is 13.0 Å². The molecule has 0 unspecified atom stereocenters. The molecule has 17 heavy (non-hydrogen) atoms. The highest BCUT2D eigenvalue weighted by molar-refractivity contribution is 5.85. The molecule has 1 aromatic carbocycles. The Kier molecular flexibility index (Phi) is 3.76. The third kappa shape index (κ3) is 2.57. The molecule has 7 nitrogen and oxygen atoms in total. The van der Waals surface area contributed by atoms with Crippen molar-refractivity contribution in [1.82, 2.24) is 0 Å². The van der Waals surface area contributed by atoms with Crippen molar-refractivity contribution in [2.45, 2.75) is 6.92 Å². The van der Waals surface area contributed by atoms with E-state index in [4.69, 9.17) is 9.47 Å². The Labute approximate surface area is 96.1 Å². The first-order valence-electron chi connectivity index (χ1n) is 4.50. The monoisotopic (exact) mass is 239 g/mol. The van der Waals surface area contributed by atoms with Gasteiger partial charge >= 0.3 is 11.7 Å². The number of esters is 1. The van der Waals surface area contributed by atoms with E-state index in [-0.39, 0.29) is 22.7 Å². The van der Waals surface area contributed by atoms with Gasteiger partial charge in [-0.15, -0.1) is 0 Å². The lowest BCUT2D eigenvalue weighted by Crippen LogP contribution is -2.07. The van der Waals surface area contributed by atoms with Gasteiger partial charge in [0.25, 0.3) is 0 Å². The molecule has 0 N–H and O–H groups in total. The molecule has 0 radical (unpaired) electrons. The zero-order chi connectivity index (χ0) is 13.0. The van der Waals surface area contributed by atoms with Crippen LogP contribution in [0.5, 0.6) is 11.5 Å². The van der Waals surface area contributed by atoms with E-state index in [0.29, 0.717) is 6.29 Å². The second-order valence-electron chi connectivity index (χ2n) is 3.00. The van der Waals surface area contributed by atoms with Gasteiger partial charge < -0.3 is 9.47 Å². The fourth-order valence-corrected chi connectivity index (χ4v) is 1.25. The number of benzene rings is 1. The van der Waals surface area contributed by atoms with Crippen molar-refractivity contribution in [3.63, 3.8) is 0 Å². The van der Waals surface area contributed by atoms with Crippen LogP contribution in [0.2, 0.25) is 0 Å². The van der Waals surface area contributed by atoms with Crippen molar-refractivity contribution in [3.05, 3.63) is 27.8 Å². The van der Waals surface area contributed by atoms with Gasteiger partial charge in [0.15, 0.2) is 12.0 Å². The molecule has 0 atom stereocenters. The van der Waals surface area contributed by atoms with Crippen LogP contribution in [0.25, 0.3) is 0 Å². The van der Waals surface area contributed by atoms with Crippen LogP contribution in [0.4, 0.5) is 5.69 Å². The Morgan fingerprint density at radius 3 is 2.47 bits per heavy atom. The highest BCUT2D eigenvalue weighted by Crippen LogP contribution is 2.39. The number of aldehydes is 1. The highest BCUT2D eigenvalue weighted by atomic mass is 16.6. The summed E-state index contributed by atoms with van der Waals surface area (Å²) in [6.07, 6.45) is 0.421. The SMILES string of the molecule is COc1c([N+](=O)[O-])ccc(C=O)c1OC(C)=O. The third-order valence-electron chi connectivity index (χ3n) is 1.90. The summed E-state index contributed by atoms with van der Waals surface area (Å²) in [5.41, 5.74) is -0.378. The zero-order valence-electron chi connectivity index (χ0n) is 9.13. The number of nitrogens with zero attached hydrogens (tertiary/aromatic N) is 1. The molecule has 0 amide bonds. The maximum Gasteiger partial charge on any atom is 0.314 e. The second-order valence-corrected chi connectivity index (χ2v) is 3.00. The molecule has 0 aliphatic carbocycles. The van der Waals surface area contributed by atoms with Crippen LogP contribution in [0, 0.1) is 10.1 Å². The zero-order valence-corrected chi connectivity index (χ0v) is 9.13. The van der Waals surface area contributed by atoms with Gasteiger partial charge in [0.1, 0.15) is 0 Å². The number of carbonyl (C=O) groups excluding carboxylic acids is 2. The Morgan fingerprint density at radius 1 is 1.41 bits per heavy atom. The van der Waals surface area contributed by atoms with Crippen LogP contribution in [-0.4, -0.2) is 24.3 Å². The summed E-state index contributed by atoms with van der Waals surface area (Å²) in [5.74, 6) is -1.20. The first-order valence-corrected chi connectivity index (χ1v) is 4.50. The first-order chi connectivity index (χ1) is 8.01. The average molecular weight is 239 g/mol. The molecule has 0 saturated heterocycles. The fraction of sp³-hybridized carbons (Fsp3) is 0.200. The summed E-state index contributed by atoms with van der Waals surface area (Å²) in [6, 6.07) is 2.29. The van der Waals surface area contributed by atoms with Crippen LogP contribution < -0.4 is 9.47 Å². The molecule has 0 heterocycles. The third-order valence-corrected chi connectivity index (χ3v) is 1.90. The Bertz CT molecular complexity index is 482. The summed E-state index contributed by atoms with van der Waals surface area (Å²) >= 11 is 0. The van der Waals surface area contributed by atoms with Crippen LogP contribution in [0.15, 0.2) is 12.1 Å². The minimum absolute atomic E-state index is 0.00245. The Balaban J connectivity index is 3.47. The lowest BCUT2D eigenvalue weighted by atomic mass is 10.2. The van der Waals surface area contributed by atoms with Crippen LogP contribution in [-0.2, 0) is 4.79 Å². The largest absolute Gasteiger partial charge is 0.488 e. The maximum absolute atomic E-state index is 10.9. The molecule has 0 aliphatic rings. The molecule has 0 aromatic heterocycles. The molecule has 7 heteroatoms. The number of hydrogen-bond donors (Lipinski definition) is 0. The second kappa shape index (κ2) is 5.06. The number of methoxy groups -OCH3 is 1. The first kappa shape index (κ1) is 12.6. The van der Waals surface area contributed by atoms with E-state index >= 15 is 0 Å². The predicted molar refractivity (Wildman–Crippen MR) is 56.3 cm³/mol. The molecule has 90 valence electrons. The van der Waals surface area contributed by atoms with Crippen molar-refractivity contribution >= 4 is 17.9 Å². The summed E-state index contributed by atoms with van der Waals surface area (Å²) in [6.45, 7) is 1.12. The lowest BCUT2D eigenvalue weighted by molar-refractivity contribution is -0.385. The fourth-order valence-electron chi connectivity index (χ4n) is 1.25. The van der Waals surface area contributed by atoms with E-state index in [2.05, 4.69) is 0 Å². The van der Waals surface area contributed by atoms with Crippen LogP contribution >= 0.6 is 0 Å². The van der Waals surface area contributed by atoms with E-state index < -0.39 is 10.9 Å². The molecule has 0 aliphatic heterocycles. The van der Waals surface area contributed by atoms with Gasteiger partial charge in [0.2, 0.25) is 5.75 Å². The summed E-state index contributed by atoms with van der Waals surface area (Å²) in [5, 5.41) is 10.7. The van der Waals surface area contributed by atoms with Gasteiger partial charge in [-0.05, 0) is 6.07 Å². The highest BCUT2D eigenvalue weighted by Gasteiger charge is 2.24. The van der Waals surface area contributed by atoms with E-state index in [9.17, 15) is 19.7 Å². The standard InChI is InChI=1S/C10H9NO6/c1-6(13)17-9-7(5-12)3-4-8(11(14)15)10(9)16-2/h3-5H,1-2H3. The molecular weight excluding hydrogens is 230 g/mol. The number of nitro benzene ring substituents is 1. The van der Waals surface area contributed by atoms with Crippen LogP contribution in [0.1, 0.15) is 17.3 Å². The van der Waals surface area contributed by atoms with E-state index in [1.165, 1.54) is 13.2 Å². The van der Waals surface area contributed by atoms with Gasteiger partial charge in [-0.2, -0.15) is 0 Å². The van der Waals surface area contributed by atoms with Crippen molar-refractivity contribution in [2.24, 2.45) is 0 Å². The number of hydrogen-bond acceptors (Lipinski definition) is 6. The van der Waals surface area contributed by atoms with Crippen molar-refractivity contribution < 1.29 is 24.0 Å².